The van der Waals surface area contributed by atoms with Crippen LogP contribution in [0.3, 0.4) is 0 Å². The Morgan fingerprint density at radius 3 is 2.46 bits per heavy atom. The molecule has 2 atom stereocenters. The van der Waals surface area contributed by atoms with E-state index >= 15 is 0 Å². The topological polar surface area (TPSA) is 58.9 Å². The van der Waals surface area contributed by atoms with E-state index < -0.39 is 6.10 Å². The fourth-order valence-corrected chi connectivity index (χ4v) is 1.15. The third-order valence-corrected chi connectivity index (χ3v) is 1.83. The minimum absolute atomic E-state index is 0.0230. The van der Waals surface area contributed by atoms with E-state index in [-0.39, 0.29) is 19.5 Å². The number of methoxy groups -OCH3 is 1. The molecule has 0 aromatic rings. The molecule has 4 heteroatoms. The van der Waals surface area contributed by atoms with Crippen molar-refractivity contribution in [1.29, 1.82) is 0 Å². The van der Waals surface area contributed by atoms with Crippen molar-refractivity contribution in [3.8, 4) is 0 Å². The molecule has 0 heterocycles. The lowest BCUT2D eigenvalue weighted by Gasteiger charge is -2.21. The third-order valence-electron chi connectivity index (χ3n) is 1.83. The summed E-state index contributed by atoms with van der Waals surface area (Å²) in [6.07, 6.45) is 1.22. The Labute approximate surface area is 79.5 Å². The summed E-state index contributed by atoms with van der Waals surface area (Å²) < 4.78 is 9.95. The summed E-state index contributed by atoms with van der Waals surface area (Å²) in [5.41, 5.74) is 0. The van der Waals surface area contributed by atoms with Crippen LogP contribution in [-0.4, -0.2) is 42.9 Å². The maximum atomic E-state index is 9.58. The normalized spacial score (nSPS) is 15.7. The monoisotopic (exact) mass is 192 g/mol. The van der Waals surface area contributed by atoms with Crippen LogP contribution >= 0.6 is 0 Å². The Morgan fingerprint density at radius 2 is 2.00 bits per heavy atom. The molecule has 0 unspecified atom stereocenters. The molecule has 2 N–H and O–H groups in total. The molecule has 0 spiro atoms. The Kier molecular flexibility index (Phi) is 8.33. The first-order chi connectivity index (χ1) is 6.26. The minimum atomic E-state index is -0.507. The fourth-order valence-electron chi connectivity index (χ4n) is 1.15. The summed E-state index contributed by atoms with van der Waals surface area (Å²) in [6, 6.07) is 0. The summed E-state index contributed by atoms with van der Waals surface area (Å²) in [6.45, 7) is 2.18. The number of aliphatic hydroxyl groups is 2. The van der Waals surface area contributed by atoms with E-state index in [2.05, 4.69) is 0 Å². The van der Waals surface area contributed by atoms with Gasteiger partial charge in [-0.2, -0.15) is 0 Å². The zero-order chi connectivity index (χ0) is 10.1. The molecule has 0 aliphatic carbocycles. The first-order valence-corrected chi connectivity index (χ1v) is 4.65. The summed E-state index contributed by atoms with van der Waals surface area (Å²) in [5, 5.41) is 18.3. The fraction of sp³-hybridized carbons (Fsp3) is 1.00. The van der Waals surface area contributed by atoms with Crippen molar-refractivity contribution in [3.63, 3.8) is 0 Å². The lowest BCUT2D eigenvalue weighted by Crippen LogP contribution is -2.30. The molecule has 0 aromatic carbocycles. The van der Waals surface area contributed by atoms with Gasteiger partial charge in [0.25, 0.3) is 0 Å². The van der Waals surface area contributed by atoms with Gasteiger partial charge in [0.1, 0.15) is 6.79 Å². The third kappa shape index (κ3) is 5.99. The maximum Gasteiger partial charge on any atom is 0.146 e. The summed E-state index contributed by atoms with van der Waals surface area (Å²) in [7, 11) is 1.53. The van der Waals surface area contributed by atoms with Crippen LogP contribution in [-0.2, 0) is 9.47 Å². The summed E-state index contributed by atoms with van der Waals surface area (Å²) in [5.74, 6) is 0. The molecule has 0 fully saturated rings. The predicted molar refractivity (Wildman–Crippen MR) is 49.4 cm³/mol. The second-order valence-corrected chi connectivity index (χ2v) is 2.98. The SMILES string of the molecule is CCC[C@H](O)[C@@H](CCO)OCOC. The van der Waals surface area contributed by atoms with Crippen molar-refractivity contribution in [3.05, 3.63) is 0 Å². The second kappa shape index (κ2) is 8.44. The zero-order valence-electron chi connectivity index (χ0n) is 8.40. The molecule has 4 nitrogen and oxygen atoms in total. The van der Waals surface area contributed by atoms with Crippen molar-refractivity contribution in [2.75, 3.05) is 20.5 Å². The van der Waals surface area contributed by atoms with Crippen LogP contribution in [0.25, 0.3) is 0 Å². The van der Waals surface area contributed by atoms with Crippen LogP contribution < -0.4 is 0 Å². The highest BCUT2D eigenvalue weighted by Crippen LogP contribution is 2.09. The van der Waals surface area contributed by atoms with Crippen molar-refractivity contribution < 1.29 is 19.7 Å². The van der Waals surface area contributed by atoms with E-state index in [0.717, 1.165) is 6.42 Å². The number of rotatable bonds is 8. The van der Waals surface area contributed by atoms with Crippen LogP contribution in [0.1, 0.15) is 26.2 Å². The van der Waals surface area contributed by atoms with E-state index in [1.165, 1.54) is 7.11 Å². The quantitative estimate of drug-likeness (QED) is 0.550. The van der Waals surface area contributed by atoms with Crippen LogP contribution in [0.15, 0.2) is 0 Å². The molecule has 0 aliphatic rings. The van der Waals surface area contributed by atoms with Gasteiger partial charge in [0.15, 0.2) is 0 Å². The predicted octanol–water partition coefficient (Wildman–Crippen LogP) is 0.519. The van der Waals surface area contributed by atoms with E-state index in [4.69, 9.17) is 14.6 Å². The molecule has 0 saturated carbocycles. The first kappa shape index (κ1) is 12.8. The van der Waals surface area contributed by atoms with Gasteiger partial charge in [-0.1, -0.05) is 13.3 Å². The molecule has 80 valence electrons. The van der Waals surface area contributed by atoms with E-state index in [9.17, 15) is 5.11 Å². The Hall–Kier alpha value is -0.160. The number of ether oxygens (including phenoxy) is 2. The van der Waals surface area contributed by atoms with Crippen LogP contribution in [0.4, 0.5) is 0 Å². The molecule has 0 saturated heterocycles. The highest BCUT2D eigenvalue weighted by molar-refractivity contribution is 4.67. The summed E-state index contributed by atoms with van der Waals surface area (Å²) in [4.78, 5) is 0. The molecular weight excluding hydrogens is 172 g/mol. The van der Waals surface area contributed by atoms with Gasteiger partial charge in [-0.25, -0.2) is 0 Å². The lowest BCUT2D eigenvalue weighted by molar-refractivity contribution is -0.119. The van der Waals surface area contributed by atoms with Crippen molar-refractivity contribution in [2.24, 2.45) is 0 Å². The molecular formula is C9H20O4. The van der Waals surface area contributed by atoms with Gasteiger partial charge < -0.3 is 19.7 Å². The lowest BCUT2D eigenvalue weighted by atomic mass is 10.1. The Balaban J connectivity index is 3.75. The van der Waals surface area contributed by atoms with Gasteiger partial charge in [0, 0.05) is 13.7 Å². The highest BCUT2D eigenvalue weighted by Gasteiger charge is 2.18. The number of hydrogen-bond donors (Lipinski definition) is 2. The zero-order valence-corrected chi connectivity index (χ0v) is 8.40. The molecule has 0 bridgehead atoms. The average molecular weight is 192 g/mol. The maximum absolute atomic E-state index is 9.58. The van der Waals surface area contributed by atoms with Crippen LogP contribution in [0, 0.1) is 0 Å². The highest BCUT2D eigenvalue weighted by atomic mass is 16.7. The molecule has 0 radical (unpaired) electrons. The van der Waals surface area contributed by atoms with Gasteiger partial charge in [0.2, 0.25) is 0 Å². The van der Waals surface area contributed by atoms with Crippen molar-refractivity contribution >= 4 is 0 Å². The Morgan fingerprint density at radius 1 is 1.31 bits per heavy atom. The second-order valence-electron chi connectivity index (χ2n) is 2.98. The summed E-state index contributed by atoms with van der Waals surface area (Å²) >= 11 is 0. The van der Waals surface area contributed by atoms with Gasteiger partial charge in [-0.3, -0.25) is 0 Å². The Bertz CT molecular complexity index is 108. The number of hydrogen-bond acceptors (Lipinski definition) is 4. The molecule has 0 aromatic heterocycles. The van der Waals surface area contributed by atoms with Crippen LogP contribution in [0.2, 0.25) is 0 Å². The van der Waals surface area contributed by atoms with Gasteiger partial charge >= 0.3 is 0 Å². The smallest absolute Gasteiger partial charge is 0.146 e. The minimum Gasteiger partial charge on any atom is -0.396 e. The number of aliphatic hydroxyl groups excluding tert-OH is 2. The van der Waals surface area contributed by atoms with Crippen molar-refractivity contribution in [2.45, 2.75) is 38.4 Å². The van der Waals surface area contributed by atoms with Crippen LogP contribution in [0.5, 0.6) is 0 Å². The average Bonchev–Trinajstić information content (AvgIpc) is 2.12. The van der Waals surface area contributed by atoms with E-state index in [1.807, 2.05) is 6.92 Å². The first-order valence-electron chi connectivity index (χ1n) is 4.65. The van der Waals surface area contributed by atoms with Gasteiger partial charge in [-0.05, 0) is 12.8 Å². The van der Waals surface area contributed by atoms with Crippen molar-refractivity contribution in [1.82, 2.24) is 0 Å². The standard InChI is InChI=1S/C9H20O4/c1-3-4-8(11)9(5-6-10)13-7-12-2/h8-11H,3-7H2,1-2H3/t8-,9+/m0/s1. The molecule has 0 rings (SSSR count). The molecule has 0 amide bonds. The van der Waals surface area contributed by atoms with Gasteiger partial charge in [0.05, 0.1) is 12.2 Å². The van der Waals surface area contributed by atoms with Gasteiger partial charge in [-0.15, -0.1) is 0 Å². The molecule has 0 aliphatic heterocycles. The van der Waals surface area contributed by atoms with E-state index in [0.29, 0.717) is 12.8 Å². The van der Waals surface area contributed by atoms with E-state index in [1.54, 1.807) is 0 Å². The molecule has 13 heavy (non-hydrogen) atoms. The largest absolute Gasteiger partial charge is 0.396 e.